The van der Waals surface area contributed by atoms with Crippen molar-refractivity contribution in [3.63, 3.8) is 0 Å². The Labute approximate surface area is 117 Å². The lowest BCUT2D eigenvalue weighted by atomic mass is 9.96. The van der Waals surface area contributed by atoms with Crippen LogP contribution in [-0.4, -0.2) is 17.5 Å². The number of para-hydroxylation sites is 1. The van der Waals surface area contributed by atoms with Crippen molar-refractivity contribution in [3.8, 4) is 5.75 Å². The maximum Gasteiger partial charge on any atom is 0.231 e. The molecule has 1 aliphatic rings. The number of nitrogens with zero attached hydrogens (tertiary/aromatic N) is 1. The van der Waals surface area contributed by atoms with E-state index in [0.29, 0.717) is 13.0 Å². The first-order valence-electron chi connectivity index (χ1n) is 6.66. The molecule has 0 aliphatic carbocycles. The molecular formula is C16H16N2O2. The average molecular weight is 268 g/mol. The molecule has 4 heteroatoms. The maximum atomic E-state index is 12.3. The number of rotatable bonds is 2. The van der Waals surface area contributed by atoms with Crippen molar-refractivity contribution in [2.24, 2.45) is 5.92 Å². The number of carbonyl (C=O) groups is 1. The maximum absolute atomic E-state index is 12.3. The number of hydrogen-bond donors (Lipinski definition) is 1. The van der Waals surface area contributed by atoms with E-state index in [9.17, 15) is 4.79 Å². The van der Waals surface area contributed by atoms with E-state index in [1.807, 2.05) is 37.3 Å². The third kappa shape index (κ3) is 2.50. The van der Waals surface area contributed by atoms with Gasteiger partial charge in [0.1, 0.15) is 12.4 Å². The fourth-order valence-corrected chi connectivity index (χ4v) is 2.33. The van der Waals surface area contributed by atoms with Gasteiger partial charge in [0.2, 0.25) is 5.91 Å². The molecule has 0 spiro atoms. The number of anilines is 1. The molecule has 3 rings (SSSR count). The number of amides is 1. The summed E-state index contributed by atoms with van der Waals surface area (Å²) in [6.07, 6.45) is 4.09. The summed E-state index contributed by atoms with van der Waals surface area (Å²) in [6.45, 7) is 2.37. The van der Waals surface area contributed by atoms with Gasteiger partial charge in [0.25, 0.3) is 0 Å². The second-order valence-electron chi connectivity index (χ2n) is 5.00. The molecule has 0 radical (unpaired) electrons. The minimum atomic E-state index is -0.162. The molecule has 0 saturated carbocycles. The van der Waals surface area contributed by atoms with Crippen LogP contribution in [0.25, 0.3) is 0 Å². The second kappa shape index (κ2) is 5.33. The fraction of sp³-hybridized carbons (Fsp3) is 0.250. The molecule has 0 saturated heterocycles. The number of aryl methyl sites for hydroxylation is 1. The van der Waals surface area contributed by atoms with Crippen molar-refractivity contribution in [1.29, 1.82) is 0 Å². The number of carbonyl (C=O) groups excluding carboxylic acids is 1. The lowest BCUT2D eigenvalue weighted by molar-refractivity contribution is -0.121. The zero-order chi connectivity index (χ0) is 13.9. The van der Waals surface area contributed by atoms with Gasteiger partial charge in [-0.05, 0) is 36.6 Å². The van der Waals surface area contributed by atoms with Gasteiger partial charge < -0.3 is 10.1 Å². The van der Waals surface area contributed by atoms with Gasteiger partial charge in [0.15, 0.2) is 0 Å². The van der Waals surface area contributed by atoms with Gasteiger partial charge in [-0.2, -0.15) is 0 Å². The summed E-state index contributed by atoms with van der Waals surface area (Å²) in [4.78, 5) is 16.3. The molecular weight excluding hydrogens is 252 g/mol. The second-order valence-corrected chi connectivity index (χ2v) is 5.00. The predicted molar refractivity (Wildman–Crippen MR) is 76.7 cm³/mol. The highest BCUT2D eigenvalue weighted by molar-refractivity contribution is 5.93. The number of nitrogens with one attached hydrogen (secondary N) is 1. The minimum absolute atomic E-state index is 0.0180. The van der Waals surface area contributed by atoms with Gasteiger partial charge in [-0.15, -0.1) is 0 Å². The summed E-state index contributed by atoms with van der Waals surface area (Å²) in [5.74, 6) is 0.703. The molecule has 1 aromatic carbocycles. The molecule has 2 heterocycles. The van der Waals surface area contributed by atoms with Crippen LogP contribution in [0, 0.1) is 12.8 Å². The first kappa shape index (κ1) is 12.7. The number of fused-ring (bicyclic) bond motifs is 1. The van der Waals surface area contributed by atoms with Gasteiger partial charge in [0.05, 0.1) is 17.8 Å². The van der Waals surface area contributed by atoms with Gasteiger partial charge in [-0.25, -0.2) is 0 Å². The van der Waals surface area contributed by atoms with Gasteiger partial charge >= 0.3 is 0 Å². The lowest BCUT2D eigenvalue weighted by Gasteiger charge is -2.24. The molecule has 1 amide bonds. The van der Waals surface area contributed by atoms with Gasteiger partial charge in [-0.1, -0.05) is 18.2 Å². The van der Waals surface area contributed by atoms with Crippen LogP contribution < -0.4 is 10.1 Å². The van der Waals surface area contributed by atoms with E-state index < -0.39 is 0 Å². The predicted octanol–water partition coefficient (Wildman–Crippen LogP) is 2.58. The topological polar surface area (TPSA) is 51.2 Å². The Morgan fingerprint density at radius 1 is 1.35 bits per heavy atom. The summed E-state index contributed by atoms with van der Waals surface area (Å²) >= 11 is 0. The van der Waals surface area contributed by atoms with E-state index in [2.05, 4.69) is 10.3 Å². The molecule has 102 valence electrons. The van der Waals surface area contributed by atoms with E-state index in [0.717, 1.165) is 22.6 Å². The number of hydrogen-bond acceptors (Lipinski definition) is 3. The van der Waals surface area contributed by atoms with E-state index in [1.165, 1.54) is 0 Å². The monoisotopic (exact) mass is 268 g/mol. The van der Waals surface area contributed by atoms with E-state index in [1.54, 1.807) is 12.4 Å². The van der Waals surface area contributed by atoms with E-state index in [4.69, 9.17) is 4.74 Å². The smallest absolute Gasteiger partial charge is 0.231 e. The Balaban J connectivity index is 1.72. The van der Waals surface area contributed by atoms with Crippen molar-refractivity contribution < 1.29 is 9.53 Å². The Hall–Kier alpha value is -2.36. The van der Waals surface area contributed by atoms with Crippen LogP contribution in [0.3, 0.4) is 0 Å². The lowest BCUT2D eigenvalue weighted by Crippen LogP contribution is -2.32. The SMILES string of the molecule is Cc1ccncc1NC(=O)C1COc2ccccc2C1. The third-order valence-corrected chi connectivity index (χ3v) is 3.55. The first-order valence-corrected chi connectivity index (χ1v) is 6.66. The van der Waals surface area contributed by atoms with Crippen molar-refractivity contribution in [2.45, 2.75) is 13.3 Å². The average Bonchev–Trinajstić information content (AvgIpc) is 2.49. The highest BCUT2D eigenvalue weighted by Gasteiger charge is 2.26. The first-order chi connectivity index (χ1) is 9.74. The van der Waals surface area contributed by atoms with Crippen LogP contribution >= 0.6 is 0 Å². The molecule has 0 fully saturated rings. The van der Waals surface area contributed by atoms with E-state index >= 15 is 0 Å². The quantitative estimate of drug-likeness (QED) is 0.910. The third-order valence-electron chi connectivity index (χ3n) is 3.55. The van der Waals surface area contributed by atoms with Crippen LogP contribution in [0.5, 0.6) is 5.75 Å². The largest absolute Gasteiger partial charge is 0.492 e. The fourth-order valence-electron chi connectivity index (χ4n) is 2.33. The number of benzene rings is 1. The summed E-state index contributed by atoms with van der Waals surface area (Å²) in [5, 5.41) is 2.93. The molecule has 1 N–H and O–H groups in total. The van der Waals surface area contributed by atoms with Crippen molar-refractivity contribution in [1.82, 2.24) is 4.98 Å². The Kier molecular flexibility index (Phi) is 3.37. The standard InChI is InChI=1S/C16H16N2O2/c1-11-6-7-17-9-14(11)18-16(19)13-8-12-4-2-3-5-15(12)20-10-13/h2-7,9,13H,8,10H2,1H3,(H,18,19). The zero-order valence-electron chi connectivity index (χ0n) is 11.3. The molecule has 0 bridgehead atoms. The highest BCUT2D eigenvalue weighted by atomic mass is 16.5. The number of pyridine rings is 1. The Morgan fingerprint density at radius 2 is 2.20 bits per heavy atom. The number of aromatic nitrogens is 1. The van der Waals surface area contributed by atoms with Gasteiger partial charge in [-0.3, -0.25) is 9.78 Å². The van der Waals surface area contributed by atoms with Crippen molar-refractivity contribution >= 4 is 11.6 Å². The molecule has 1 atom stereocenters. The summed E-state index contributed by atoms with van der Waals surface area (Å²) in [5.41, 5.74) is 2.85. The zero-order valence-corrected chi connectivity index (χ0v) is 11.3. The van der Waals surface area contributed by atoms with E-state index in [-0.39, 0.29) is 11.8 Å². The van der Waals surface area contributed by atoms with Crippen LogP contribution in [-0.2, 0) is 11.2 Å². The number of ether oxygens (including phenoxy) is 1. The normalized spacial score (nSPS) is 16.9. The molecule has 20 heavy (non-hydrogen) atoms. The Morgan fingerprint density at radius 3 is 3.05 bits per heavy atom. The van der Waals surface area contributed by atoms with Crippen molar-refractivity contribution in [3.05, 3.63) is 53.9 Å². The van der Waals surface area contributed by atoms with Crippen LogP contribution in [0.4, 0.5) is 5.69 Å². The molecule has 4 nitrogen and oxygen atoms in total. The summed E-state index contributed by atoms with van der Waals surface area (Å²) in [7, 11) is 0. The van der Waals surface area contributed by atoms with Crippen molar-refractivity contribution in [2.75, 3.05) is 11.9 Å². The minimum Gasteiger partial charge on any atom is -0.492 e. The summed E-state index contributed by atoms with van der Waals surface area (Å²) in [6, 6.07) is 9.73. The van der Waals surface area contributed by atoms with Crippen LogP contribution in [0.15, 0.2) is 42.7 Å². The van der Waals surface area contributed by atoms with Crippen LogP contribution in [0.2, 0.25) is 0 Å². The molecule has 1 unspecified atom stereocenters. The van der Waals surface area contributed by atoms with Gasteiger partial charge in [0, 0.05) is 6.20 Å². The summed E-state index contributed by atoms with van der Waals surface area (Å²) < 4.78 is 5.65. The highest BCUT2D eigenvalue weighted by Crippen LogP contribution is 2.27. The Bertz CT molecular complexity index is 640. The molecule has 1 aromatic heterocycles. The molecule has 1 aliphatic heterocycles. The molecule has 2 aromatic rings. The van der Waals surface area contributed by atoms with Crippen LogP contribution in [0.1, 0.15) is 11.1 Å².